The molecule has 2 aromatic rings. The summed E-state index contributed by atoms with van der Waals surface area (Å²) >= 11 is 5.83. The van der Waals surface area contributed by atoms with Crippen LogP contribution >= 0.6 is 11.6 Å². The maximum atomic E-state index is 12.4. The highest BCUT2D eigenvalue weighted by Gasteiger charge is 2.22. The predicted octanol–water partition coefficient (Wildman–Crippen LogP) is 3.36. The molecule has 0 saturated heterocycles. The first-order valence-corrected chi connectivity index (χ1v) is 9.64. The molecule has 0 aliphatic carbocycles. The Bertz CT molecular complexity index is 916. The third-order valence-electron chi connectivity index (χ3n) is 4.48. The summed E-state index contributed by atoms with van der Waals surface area (Å²) in [7, 11) is 0. The molecule has 0 radical (unpaired) electrons. The molecule has 1 heterocycles. The molecule has 1 atom stereocenters. The van der Waals surface area contributed by atoms with Gasteiger partial charge >= 0.3 is 5.97 Å². The average molecular weight is 419 g/mol. The highest BCUT2D eigenvalue weighted by molar-refractivity contribution is 6.31. The van der Waals surface area contributed by atoms with Crippen LogP contribution in [-0.2, 0) is 9.53 Å². The fraction of sp³-hybridized carbons (Fsp3) is 0.333. The van der Waals surface area contributed by atoms with Crippen molar-refractivity contribution in [1.82, 2.24) is 5.32 Å². The number of nitrogen functional groups attached to an aromatic ring is 1. The van der Waals surface area contributed by atoms with Gasteiger partial charge in [0.25, 0.3) is 5.91 Å². The molecule has 0 saturated carbocycles. The molecule has 154 valence electrons. The summed E-state index contributed by atoms with van der Waals surface area (Å²) in [4.78, 5) is 24.6. The minimum Gasteiger partial charge on any atom is -0.486 e. The summed E-state index contributed by atoms with van der Waals surface area (Å²) in [5.74, 6) is 0.333. The molecule has 29 heavy (non-hydrogen) atoms. The van der Waals surface area contributed by atoms with Crippen molar-refractivity contribution >= 4 is 29.2 Å². The van der Waals surface area contributed by atoms with E-state index in [9.17, 15) is 9.59 Å². The number of ether oxygens (including phenoxy) is 3. The van der Waals surface area contributed by atoms with Crippen molar-refractivity contribution in [2.75, 3.05) is 25.6 Å². The molecule has 3 N–H and O–H groups in total. The fourth-order valence-electron chi connectivity index (χ4n) is 3.03. The monoisotopic (exact) mass is 418 g/mol. The minimum atomic E-state index is -0.685. The van der Waals surface area contributed by atoms with E-state index in [0.29, 0.717) is 29.7 Å². The van der Waals surface area contributed by atoms with E-state index in [-0.39, 0.29) is 23.2 Å². The van der Waals surface area contributed by atoms with E-state index in [2.05, 4.69) is 5.32 Å². The number of hydrogen-bond acceptors (Lipinski definition) is 6. The zero-order chi connectivity index (χ0) is 21.0. The summed E-state index contributed by atoms with van der Waals surface area (Å²) in [6.07, 6.45) is 0. The van der Waals surface area contributed by atoms with Crippen LogP contribution < -0.4 is 20.5 Å². The molecule has 1 aliphatic heterocycles. The Balaban J connectivity index is 1.63. The van der Waals surface area contributed by atoms with Gasteiger partial charge in [-0.3, -0.25) is 4.79 Å². The lowest BCUT2D eigenvalue weighted by Gasteiger charge is -2.25. The van der Waals surface area contributed by atoms with Crippen molar-refractivity contribution in [1.29, 1.82) is 0 Å². The van der Waals surface area contributed by atoms with Gasteiger partial charge in [-0.25, -0.2) is 4.79 Å². The van der Waals surface area contributed by atoms with Crippen molar-refractivity contribution in [3.63, 3.8) is 0 Å². The van der Waals surface area contributed by atoms with E-state index in [1.807, 2.05) is 32.0 Å². The van der Waals surface area contributed by atoms with Crippen LogP contribution in [-0.4, -0.2) is 31.7 Å². The molecule has 3 rings (SSSR count). The normalized spacial score (nSPS) is 13.7. The molecule has 2 aromatic carbocycles. The van der Waals surface area contributed by atoms with Crippen LogP contribution in [0.1, 0.15) is 35.8 Å². The quantitative estimate of drug-likeness (QED) is 0.551. The number of esters is 1. The molecule has 1 amide bonds. The van der Waals surface area contributed by atoms with Gasteiger partial charge in [0.1, 0.15) is 13.2 Å². The summed E-state index contributed by atoms with van der Waals surface area (Å²) < 4.78 is 16.3. The summed E-state index contributed by atoms with van der Waals surface area (Å²) in [5, 5.41) is 3.32. The molecule has 0 spiro atoms. The maximum Gasteiger partial charge on any atom is 0.340 e. The second-order valence-electron chi connectivity index (χ2n) is 7.00. The van der Waals surface area contributed by atoms with Gasteiger partial charge in [-0.2, -0.15) is 0 Å². The molecule has 8 heteroatoms. The summed E-state index contributed by atoms with van der Waals surface area (Å²) in [6, 6.07) is 9.75. The van der Waals surface area contributed by atoms with E-state index < -0.39 is 18.5 Å². The maximum absolute atomic E-state index is 12.4. The first-order valence-electron chi connectivity index (χ1n) is 9.26. The van der Waals surface area contributed by atoms with Gasteiger partial charge in [-0.15, -0.1) is 0 Å². The van der Waals surface area contributed by atoms with E-state index >= 15 is 0 Å². The molecule has 1 aliphatic rings. The average Bonchev–Trinajstić information content (AvgIpc) is 2.69. The van der Waals surface area contributed by atoms with E-state index in [4.69, 9.17) is 31.5 Å². The number of carbonyl (C=O) groups is 2. The number of carbonyl (C=O) groups excluding carboxylic acids is 2. The van der Waals surface area contributed by atoms with Crippen molar-refractivity contribution in [2.45, 2.75) is 19.9 Å². The number of nitrogens with one attached hydrogen (secondary N) is 1. The van der Waals surface area contributed by atoms with E-state index in [1.54, 1.807) is 0 Å². The number of nitrogens with two attached hydrogens (primary N) is 1. The van der Waals surface area contributed by atoms with Gasteiger partial charge in [0, 0.05) is 10.7 Å². The Morgan fingerprint density at radius 1 is 1.14 bits per heavy atom. The Kier molecular flexibility index (Phi) is 6.49. The van der Waals surface area contributed by atoms with E-state index in [0.717, 1.165) is 5.56 Å². The van der Waals surface area contributed by atoms with Gasteiger partial charge < -0.3 is 25.3 Å². The van der Waals surface area contributed by atoms with Gasteiger partial charge in [0.2, 0.25) is 0 Å². The van der Waals surface area contributed by atoms with Crippen LogP contribution in [0.4, 0.5) is 5.69 Å². The molecule has 0 unspecified atom stereocenters. The van der Waals surface area contributed by atoms with Crippen LogP contribution in [0.3, 0.4) is 0 Å². The van der Waals surface area contributed by atoms with Crippen molar-refractivity contribution in [3.8, 4) is 11.5 Å². The lowest BCUT2D eigenvalue weighted by atomic mass is 9.95. The van der Waals surface area contributed by atoms with Crippen molar-refractivity contribution < 1.29 is 23.8 Å². The number of anilines is 1. The molecule has 0 aromatic heterocycles. The molecular formula is C21H23ClN2O5. The number of amides is 1. The van der Waals surface area contributed by atoms with Crippen LogP contribution in [0.15, 0.2) is 36.4 Å². The smallest absolute Gasteiger partial charge is 0.340 e. The summed E-state index contributed by atoms with van der Waals surface area (Å²) in [6.45, 7) is 4.55. The Morgan fingerprint density at radius 2 is 1.86 bits per heavy atom. The van der Waals surface area contributed by atoms with Crippen LogP contribution in [0.5, 0.6) is 11.5 Å². The zero-order valence-corrected chi connectivity index (χ0v) is 17.0. The molecule has 7 nitrogen and oxygen atoms in total. The SMILES string of the molecule is CC(C)[C@H](NC(=O)COC(=O)c1ccc(Cl)cc1N)c1ccc2c(c1)OCCO2. The zero-order valence-electron chi connectivity index (χ0n) is 16.2. The topological polar surface area (TPSA) is 99.9 Å². The standard InChI is InChI=1S/C21H23ClN2O5/c1-12(2)20(13-3-6-17-18(9-13)28-8-7-27-17)24-19(25)11-29-21(26)15-5-4-14(22)10-16(15)23/h3-6,9-10,12,20H,7-8,11,23H2,1-2H3,(H,24,25)/t20-/m0/s1. The van der Waals surface area contributed by atoms with E-state index in [1.165, 1.54) is 18.2 Å². The van der Waals surface area contributed by atoms with Gasteiger partial charge in [-0.05, 0) is 41.8 Å². The van der Waals surface area contributed by atoms with Gasteiger partial charge in [0.05, 0.1) is 11.6 Å². The highest BCUT2D eigenvalue weighted by Crippen LogP contribution is 2.34. The fourth-order valence-corrected chi connectivity index (χ4v) is 3.21. The number of hydrogen-bond donors (Lipinski definition) is 2. The van der Waals surface area contributed by atoms with Gasteiger partial charge in [-0.1, -0.05) is 31.5 Å². The molecule has 0 fully saturated rings. The second kappa shape index (κ2) is 9.05. The lowest BCUT2D eigenvalue weighted by Crippen LogP contribution is -2.35. The number of rotatable bonds is 6. The third-order valence-corrected chi connectivity index (χ3v) is 4.71. The highest BCUT2D eigenvalue weighted by atomic mass is 35.5. The van der Waals surface area contributed by atoms with Crippen LogP contribution in [0, 0.1) is 5.92 Å². The van der Waals surface area contributed by atoms with Crippen LogP contribution in [0.25, 0.3) is 0 Å². The molecule has 0 bridgehead atoms. The Hall–Kier alpha value is -2.93. The Labute approximate surface area is 174 Å². The molecular weight excluding hydrogens is 396 g/mol. The number of halogens is 1. The first kappa shape index (κ1) is 20.8. The van der Waals surface area contributed by atoms with Crippen LogP contribution in [0.2, 0.25) is 5.02 Å². The second-order valence-corrected chi connectivity index (χ2v) is 7.44. The minimum absolute atomic E-state index is 0.101. The summed E-state index contributed by atoms with van der Waals surface area (Å²) in [5.41, 5.74) is 7.01. The van der Waals surface area contributed by atoms with Gasteiger partial charge in [0.15, 0.2) is 18.1 Å². The largest absolute Gasteiger partial charge is 0.486 e. The number of benzene rings is 2. The number of fused-ring (bicyclic) bond motifs is 1. The lowest BCUT2D eigenvalue weighted by molar-refractivity contribution is -0.125. The first-order chi connectivity index (χ1) is 13.8. The Morgan fingerprint density at radius 3 is 2.55 bits per heavy atom. The predicted molar refractivity (Wildman–Crippen MR) is 109 cm³/mol. The van der Waals surface area contributed by atoms with Crippen molar-refractivity contribution in [3.05, 3.63) is 52.5 Å². The van der Waals surface area contributed by atoms with Crippen molar-refractivity contribution in [2.24, 2.45) is 5.92 Å². The third kappa shape index (κ3) is 5.12.